The number of hydrogen-bond donors (Lipinski definition) is 0. The van der Waals surface area contributed by atoms with Crippen LogP contribution in [0.15, 0.2) is 0 Å². The van der Waals surface area contributed by atoms with Crippen molar-refractivity contribution in [3.63, 3.8) is 0 Å². The van der Waals surface area contributed by atoms with Gasteiger partial charge in [-0.05, 0) is 0 Å². The van der Waals surface area contributed by atoms with E-state index >= 15 is 0 Å². The van der Waals surface area contributed by atoms with Gasteiger partial charge in [-0.2, -0.15) is 13.5 Å². The molecular weight excluding hydrogens is 328 g/mol. The van der Waals surface area contributed by atoms with Crippen LogP contribution in [0.2, 0.25) is 0 Å². The SMILES string of the molecule is S.[Mo].[O]=[W]. The van der Waals surface area contributed by atoms with E-state index in [9.17, 15) is 0 Å². The van der Waals surface area contributed by atoms with Crippen molar-refractivity contribution >= 4 is 13.5 Å². The molecule has 0 saturated heterocycles. The number of rotatable bonds is 0. The van der Waals surface area contributed by atoms with Crippen molar-refractivity contribution in [1.29, 1.82) is 0 Å². The Morgan fingerprint density at radius 2 is 1.25 bits per heavy atom. The first-order valence-electron chi connectivity index (χ1n) is 0.167. The fraction of sp³-hybridized carbons (Fsp3) is 0. The van der Waals surface area contributed by atoms with Gasteiger partial charge in [-0.1, -0.05) is 0 Å². The Labute approximate surface area is 57.5 Å². The molecule has 26 valence electrons. The van der Waals surface area contributed by atoms with E-state index < -0.39 is 0 Å². The Morgan fingerprint density at radius 3 is 1.25 bits per heavy atom. The van der Waals surface area contributed by atoms with Crippen LogP contribution in [-0.4, -0.2) is 0 Å². The standard InChI is InChI=1S/Mo.O.H2S.W/h;;1H2;. The summed E-state index contributed by atoms with van der Waals surface area (Å²) in [5.41, 5.74) is 0. The van der Waals surface area contributed by atoms with E-state index in [1.165, 1.54) is 0 Å². The quantitative estimate of drug-likeness (QED) is 0.571. The van der Waals surface area contributed by atoms with Gasteiger partial charge in [0.1, 0.15) is 0 Å². The molecule has 0 spiro atoms. The molecule has 0 saturated carbocycles. The summed E-state index contributed by atoms with van der Waals surface area (Å²) < 4.78 is 8.33. The van der Waals surface area contributed by atoms with Crippen molar-refractivity contribution in [3.05, 3.63) is 0 Å². The molecule has 0 aliphatic rings. The summed E-state index contributed by atoms with van der Waals surface area (Å²) in [6.45, 7) is 0. The van der Waals surface area contributed by atoms with Gasteiger partial charge in [0.05, 0.1) is 0 Å². The average molecular weight is 330 g/mol. The van der Waals surface area contributed by atoms with Crippen LogP contribution >= 0.6 is 13.5 Å². The third-order valence-electron chi connectivity index (χ3n) is 0. The van der Waals surface area contributed by atoms with Gasteiger partial charge in [-0.3, -0.25) is 0 Å². The molecule has 0 radical (unpaired) electrons. The van der Waals surface area contributed by atoms with E-state index in [1.807, 2.05) is 0 Å². The third kappa shape index (κ3) is 9.66. The summed E-state index contributed by atoms with van der Waals surface area (Å²) >= 11 is 0.333. The fourth-order valence-corrected chi connectivity index (χ4v) is 0. The van der Waals surface area contributed by atoms with Crippen molar-refractivity contribution in [2.24, 2.45) is 0 Å². The minimum absolute atomic E-state index is 0. The molecule has 0 heterocycles. The summed E-state index contributed by atoms with van der Waals surface area (Å²) in [6.07, 6.45) is 0. The Bertz CT molecular complexity index is 8.00. The summed E-state index contributed by atoms with van der Waals surface area (Å²) in [7, 11) is 0. The predicted octanol–water partition coefficient (Wildman–Crippen LogP) is -0.0110. The summed E-state index contributed by atoms with van der Waals surface area (Å²) in [4.78, 5) is 0. The molecule has 0 bridgehead atoms. The van der Waals surface area contributed by atoms with E-state index in [0.29, 0.717) is 19.8 Å². The molecule has 0 atom stereocenters. The zero-order chi connectivity index (χ0) is 2.00. The molecule has 0 rings (SSSR count). The maximum atomic E-state index is 8.33. The van der Waals surface area contributed by atoms with Crippen LogP contribution in [0.4, 0.5) is 0 Å². The van der Waals surface area contributed by atoms with E-state index in [2.05, 4.69) is 0 Å². The molecule has 0 aliphatic heterocycles. The molecule has 1 nitrogen and oxygen atoms in total. The Balaban J connectivity index is -0.00000000500. The van der Waals surface area contributed by atoms with E-state index in [4.69, 9.17) is 3.40 Å². The molecule has 4 heavy (non-hydrogen) atoms. The van der Waals surface area contributed by atoms with Gasteiger partial charge in [0.15, 0.2) is 0 Å². The molecule has 0 N–H and O–H groups in total. The monoisotopic (exact) mass is 332 g/mol. The molecule has 0 aromatic rings. The van der Waals surface area contributed by atoms with Gasteiger partial charge in [-0.25, -0.2) is 0 Å². The van der Waals surface area contributed by atoms with Gasteiger partial charge < -0.3 is 0 Å². The van der Waals surface area contributed by atoms with Crippen molar-refractivity contribution < 1.29 is 44.2 Å². The molecule has 0 aliphatic carbocycles. The molecular formula is H2MoOSW. The first-order chi connectivity index (χ1) is 1.00. The van der Waals surface area contributed by atoms with E-state index in [1.54, 1.807) is 0 Å². The van der Waals surface area contributed by atoms with Gasteiger partial charge in [0.2, 0.25) is 0 Å². The predicted molar refractivity (Wildman–Crippen MR) is 11.1 cm³/mol. The van der Waals surface area contributed by atoms with Crippen molar-refractivity contribution in [3.8, 4) is 0 Å². The molecule has 0 fully saturated rings. The Morgan fingerprint density at radius 1 is 1.25 bits per heavy atom. The fourth-order valence-electron chi connectivity index (χ4n) is 0. The topological polar surface area (TPSA) is 17.1 Å². The van der Waals surface area contributed by atoms with Crippen LogP contribution in [0.25, 0.3) is 0 Å². The zero-order valence-electron chi connectivity index (χ0n) is 1.72. The molecule has 4 heteroatoms. The molecule has 0 unspecified atom stereocenters. The van der Waals surface area contributed by atoms with E-state index in [0.717, 1.165) is 0 Å². The number of hydrogen-bond acceptors (Lipinski definition) is 1. The van der Waals surface area contributed by atoms with Crippen LogP contribution in [0.1, 0.15) is 0 Å². The second-order valence-electron chi connectivity index (χ2n) is 0. The zero-order valence-corrected chi connectivity index (χ0v) is 7.67. The Hall–Kier alpha value is 1.53. The Kier molecular flexibility index (Phi) is 107. The maximum absolute atomic E-state index is 8.33. The summed E-state index contributed by atoms with van der Waals surface area (Å²) in [5.74, 6) is 0. The van der Waals surface area contributed by atoms with Crippen LogP contribution in [0, 0.1) is 0 Å². The van der Waals surface area contributed by atoms with Crippen LogP contribution in [-0.2, 0) is 44.2 Å². The normalized spacial score (nSPS) is 1.00. The van der Waals surface area contributed by atoms with Gasteiger partial charge in [-0.15, -0.1) is 0 Å². The second-order valence-corrected chi connectivity index (χ2v) is 0. The summed E-state index contributed by atoms with van der Waals surface area (Å²) in [6, 6.07) is 0. The van der Waals surface area contributed by atoms with E-state index in [-0.39, 0.29) is 34.6 Å². The van der Waals surface area contributed by atoms with Gasteiger partial charge >= 0.3 is 23.2 Å². The van der Waals surface area contributed by atoms with Crippen molar-refractivity contribution in [1.82, 2.24) is 0 Å². The molecule has 0 amide bonds. The minimum atomic E-state index is 0. The van der Waals surface area contributed by atoms with Crippen LogP contribution in [0.5, 0.6) is 0 Å². The third-order valence-corrected chi connectivity index (χ3v) is 0. The van der Waals surface area contributed by atoms with Gasteiger partial charge in [0, 0.05) is 21.1 Å². The van der Waals surface area contributed by atoms with Crippen molar-refractivity contribution in [2.75, 3.05) is 0 Å². The molecule has 0 aromatic heterocycles. The second kappa shape index (κ2) is 24.2. The van der Waals surface area contributed by atoms with Crippen LogP contribution in [0.3, 0.4) is 0 Å². The average Bonchev–Trinajstić information content (AvgIpc) is 1.00. The van der Waals surface area contributed by atoms with Gasteiger partial charge in [0.25, 0.3) is 0 Å². The molecule has 0 aromatic carbocycles. The first-order valence-corrected chi connectivity index (χ1v) is 1.36. The summed E-state index contributed by atoms with van der Waals surface area (Å²) in [5, 5.41) is 0. The first kappa shape index (κ1) is 17.7. The van der Waals surface area contributed by atoms with Crippen LogP contribution < -0.4 is 0 Å². The van der Waals surface area contributed by atoms with Crippen molar-refractivity contribution in [2.45, 2.75) is 0 Å².